The number of imidazole rings is 1. The van der Waals surface area contributed by atoms with Gasteiger partial charge in [-0.2, -0.15) is 0 Å². The Bertz CT molecular complexity index is 716. The normalized spacial score (nSPS) is 12.7. The van der Waals surface area contributed by atoms with Gasteiger partial charge in [-0.1, -0.05) is 18.2 Å². The van der Waals surface area contributed by atoms with Crippen LogP contribution in [0.15, 0.2) is 36.0 Å². The fourth-order valence-electron chi connectivity index (χ4n) is 2.42. The van der Waals surface area contributed by atoms with E-state index in [1.165, 1.54) is 0 Å². The van der Waals surface area contributed by atoms with E-state index in [0.717, 1.165) is 34.0 Å². The minimum absolute atomic E-state index is 0.118. The number of fused-ring (bicyclic) bond motifs is 1. The molecule has 21 heavy (non-hydrogen) atoms. The first kappa shape index (κ1) is 14.1. The van der Waals surface area contributed by atoms with Gasteiger partial charge in [-0.15, -0.1) is 11.3 Å². The molecule has 0 amide bonds. The van der Waals surface area contributed by atoms with Crippen molar-refractivity contribution >= 4 is 16.3 Å². The van der Waals surface area contributed by atoms with Crippen LogP contribution in [0.3, 0.4) is 0 Å². The van der Waals surface area contributed by atoms with Crippen LogP contribution in [0.4, 0.5) is 0 Å². The lowest BCUT2D eigenvalue weighted by Crippen LogP contribution is -2.18. The van der Waals surface area contributed by atoms with E-state index in [1.54, 1.807) is 11.3 Å². The third-order valence-electron chi connectivity index (χ3n) is 3.34. The summed E-state index contributed by atoms with van der Waals surface area (Å²) in [4.78, 5) is 5.53. The Kier molecular flexibility index (Phi) is 3.94. The molecule has 0 aliphatic carbocycles. The van der Waals surface area contributed by atoms with Gasteiger partial charge in [0.25, 0.3) is 0 Å². The van der Waals surface area contributed by atoms with E-state index >= 15 is 0 Å². The summed E-state index contributed by atoms with van der Waals surface area (Å²) in [6.45, 7) is 4.55. The first-order valence-electron chi connectivity index (χ1n) is 7.01. The molecule has 2 heterocycles. The Morgan fingerprint density at radius 2 is 2.29 bits per heavy atom. The quantitative estimate of drug-likeness (QED) is 0.787. The first-order chi connectivity index (χ1) is 10.1. The lowest BCUT2D eigenvalue weighted by molar-refractivity contribution is 0.296. The van der Waals surface area contributed by atoms with Crippen molar-refractivity contribution in [3.05, 3.63) is 52.8 Å². The van der Waals surface area contributed by atoms with Gasteiger partial charge < -0.3 is 10.5 Å². The minimum Gasteiger partial charge on any atom is -0.487 e. The number of para-hydroxylation sites is 1. The third-order valence-corrected chi connectivity index (χ3v) is 4.11. The van der Waals surface area contributed by atoms with Crippen molar-refractivity contribution in [3.63, 3.8) is 0 Å². The molecule has 0 fully saturated rings. The van der Waals surface area contributed by atoms with Crippen LogP contribution < -0.4 is 10.5 Å². The summed E-state index contributed by atoms with van der Waals surface area (Å²) >= 11 is 1.62. The second-order valence-corrected chi connectivity index (χ2v) is 6.23. The van der Waals surface area contributed by atoms with E-state index in [2.05, 4.69) is 24.0 Å². The van der Waals surface area contributed by atoms with Gasteiger partial charge in [-0.05, 0) is 31.4 Å². The van der Waals surface area contributed by atoms with Crippen molar-refractivity contribution in [2.45, 2.75) is 32.9 Å². The largest absolute Gasteiger partial charge is 0.487 e. The van der Waals surface area contributed by atoms with E-state index in [1.807, 2.05) is 35.2 Å². The second-order valence-electron chi connectivity index (χ2n) is 5.36. The van der Waals surface area contributed by atoms with Crippen molar-refractivity contribution in [2.75, 3.05) is 0 Å². The minimum atomic E-state index is 0.118. The van der Waals surface area contributed by atoms with Crippen LogP contribution in [0, 0.1) is 6.92 Å². The summed E-state index contributed by atoms with van der Waals surface area (Å²) in [5.74, 6) is 0.936. The zero-order valence-corrected chi connectivity index (χ0v) is 13.1. The molecule has 5 heteroatoms. The number of ether oxygens (including phenoxy) is 1. The van der Waals surface area contributed by atoms with E-state index in [0.29, 0.717) is 6.61 Å². The molecule has 0 spiro atoms. The molecule has 2 aromatic heterocycles. The molecule has 0 aliphatic heterocycles. The Balaban J connectivity index is 1.79. The molecule has 110 valence electrons. The highest BCUT2D eigenvalue weighted by Gasteiger charge is 2.10. The summed E-state index contributed by atoms with van der Waals surface area (Å²) < 4.78 is 8.04. The van der Waals surface area contributed by atoms with Crippen LogP contribution in [-0.2, 0) is 13.0 Å². The standard InChI is InChI=1S/C16H19N3OS/c1-11-4-3-5-13(8-12(2)17)15(11)20-10-14-9-19-6-7-21-16(19)18-14/h3-7,9,12H,8,10,17H2,1-2H3. The summed E-state index contributed by atoms with van der Waals surface area (Å²) in [7, 11) is 0. The summed E-state index contributed by atoms with van der Waals surface area (Å²) in [6, 6.07) is 6.31. The number of aromatic nitrogens is 2. The molecule has 1 unspecified atom stereocenters. The molecular weight excluding hydrogens is 282 g/mol. The SMILES string of the molecule is Cc1cccc(CC(C)N)c1OCc1cn2ccsc2n1. The average Bonchev–Trinajstić information content (AvgIpc) is 2.98. The van der Waals surface area contributed by atoms with E-state index in [4.69, 9.17) is 10.5 Å². The molecule has 4 nitrogen and oxygen atoms in total. The van der Waals surface area contributed by atoms with Crippen molar-refractivity contribution < 1.29 is 4.74 Å². The Hall–Kier alpha value is -1.85. The van der Waals surface area contributed by atoms with Gasteiger partial charge in [0, 0.05) is 23.8 Å². The van der Waals surface area contributed by atoms with Gasteiger partial charge in [0.15, 0.2) is 4.96 Å². The summed E-state index contributed by atoms with van der Waals surface area (Å²) in [5, 5.41) is 2.02. The maximum absolute atomic E-state index is 6.03. The summed E-state index contributed by atoms with van der Waals surface area (Å²) in [5.41, 5.74) is 9.15. The number of rotatable bonds is 5. The number of nitrogens with zero attached hydrogens (tertiary/aromatic N) is 2. The van der Waals surface area contributed by atoms with E-state index < -0.39 is 0 Å². The van der Waals surface area contributed by atoms with Gasteiger partial charge in [-0.25, -0.2) is 4.98 Å². The highest BCUT2D eigenvalue weighted by Crippen LogP contribution is 2.25. The molecular formula is C16H19N3OS. The molecule has 3 aromatic rings. The molecule has 1 aromatic carbocycles. The molecule has 0 bridgehead atoms. The fourth-order valence-corrected chi connectivity index (χ4v) is 3.14. The van der Waals surface area contributed by atoms with Crippen molar-refractivity contribution in [3.8, 4) is 5.75 Å². The Morgan fingerprint density at radius 3 is 3.05 bits per heavy atom. The molecule has 0 saturated carbocycles. The number of aryl methyl sites for hydroxylation is 1. The highest BCUT2D eigenvalue weighted by molar-refractivity contribution is 7.15. The van der Waals surface area contributed by atoms with Crippen LogP contribution in [0.1, 0.15) is 23.7 Å². The van der Waals surface area contributed by atoms with Crippen LogP contribution in [0.5, 0.6) is 5.75 Å². The molecule has 0 radical (unpaired) electrons. The van der Waals surface area contributed by atoms with Crippen LogP contribution in [-0.4, -0.2) is 15.4 Å². The van der Waals surface area contributed by atoms with Gasteiger partial charge in [0.1, 0.15) is 12.4 Å². The number of thiazole rings is 1. The summed E-state index contributed by atoms with van der Waals surface area (Å²) in [6.07, 6.45) is 4.83. The van der Waals surface area contributed by atoms with Crippen LogP contribution in [0.25, 0.3) is 4.96 Å². The number of hydrogen-bond acceptors (Lipinski definition) is 4. The third kappa shape index (κ3) is 3.09. The van der Waals surface area contributed by atoms with Gasteiger partial charge in [0.2, 0.25) is 0 Å². The number of hydrogen-bond donors (Lipinski definition) is 1. The highest BCUT2D eigenvalue weighted by atomic mass is 32.1. The van der Waals surface area contributed by atoms with E-state index in [9.17, 15) is 0 Å². The molecule has 2 N–H and O–H groups in total. The average molecular weight is 301 g/mol. The first-order valence-corrected chi connectivity index (χ1v) is 7.89. The van der Waals surface area contributed by atoms with Crippen LogP contribution in [0.2, 0.25) is 0 Å². The predicted molar refractivity (Wildman–Crippen MR) is 85.9 cm³/mol. The van der Waals surface area contributed by atoms with Crippen molar-refractivity contribution in [2.24, 2.45) is 5.73 Å². The predicted octanol–water partition coefficient (Wildman–Crippen LogP) is 3.17. The smallest absolute Gasteiger partial charge is 0.193 e. The van der Waals surface area contributed by atoms with Crippen LogP contribution >= 0.6 is 11.3 Å². The molecule has 3 rings (SSSR count). The van der Waals surface area contributed by atoms with Gasteiger partial charge in [0.05, 0.1) is 5.69 Å². The monoisotopic (exact) mass is 301 g/mol. The number of nitrogens with two attached hydrogens (primary N) is 1. The lowest BCUT2D eigenvalue weighted by atomic mass is 10.0. The topological polar surface area (TPSA) is 52.5 Å². The molecule has 0 aliphatic rings. The fraction of sp³-hybridized carbons (Fsp3) is 0.312. The lowest BCUT2D eigenvalue weighted by Gasteiger charge is -2.14. The van der Waals surface area contributed by atoms with Gasteiger partial charge >= 0.3 is 0 Å². The Labute approximate surface area is 128 Å². The maximum atomic E-state index is 6.03. The maximum Gasteiger partial charge on any atom is 0.193 e. The zero-order chi connectivity index (χ0) is 14.8. The second kappa shape index (κ2) is 5.87. The van der Waals surface area contributed by atoms with Crippen molar-refractivity contribution in [1.82, 2.24) is 9.38 Å². The van der Waals surface area contributed by atoms with Gasteiger partial charge in [-0.3, -0.25) is 4.40 Å². The molecule has 0 saturated heterocycles. The zero-order valence-electron chi connectivity index (χ0n) is 12.2. The Morgan fingerprint density at radius 1 is 1.43 bits per heavy atom. The number of benzene rings is 1. The van der Waals surface area contributed by atoms with E-state index in [-0.39, 0.29) is 6.04 Å². The molecule has 1 atom stereocenters. The van der Waals surface area contributed by atoms with Crippen molar-refractivity contribution in [1.29, 1.82) is 0 Å².